The molecule has 3 aliphatic rings. The second-order valence-electron chi connectivity index (χ2n) is 7.77. The van der Waals surface area contributed by atoms with Crippen LogP contribution in [0, 0.1) is 5.92 Å². The number of hydrogen-bond acceptors (Lipinski definition) is 3. The van der Waals surface area contributed by atoms with E-state index in [0.29, 0.717) is 5.54 Å². The van der Waals surface area contributed by atoms with Gasteiger partial charge in [0.15, 0.2) is 0 Å². The van der Waals surface area contributed by atoms with Crippen LogP contribution >= 0.6 is 0 Å². The molecule has 0 amide bonds. The smallest absolute Gasteiger partial charge is 0.0332 e. The first-order valence-corrected chi connectivity index (χ1v) is 9.46. The predicted molar refractivity (Wildman–Crippen MR) is 89.4 cm³/mol. The lowest BCUT2D eigenvalue weighted by molar-refractivity contribution is 0.0523. The fraction of sp³-hybridized carbons (Fsp3) is 1.00. The Morgan fingerprint density at radius 3 is 2.33 bits per heavy atom. The van der Waals surface area contributed by atoms with Crippen LogP contribution in [0.5, 0.6) is 0 Å². The molecular formula is C18H35N3. The van der Waals surface area contributed by atoms with Crippen molar-refractivity contribution in [3.8, 4) is 0 Å². The quantitative estimate of drug-likeness (QED) is 0.865. The molecule has 3 heteroatoms. The van der Waals surface area contributed by atoms with Crippen molar-refractivity contribution in [2.75, 3.05) is 32.7 Å². The highest BCUT2D eigenvalue weighted by Gasteiger charge is 2.42. The minimum Gasteiger partial charge on any atom is -0.329 e. The van der Waals surface area contributed by atoms with E-state index >= 15 is 0 Å². The Bertz CT molecular complexity index is 316. The number of likely N-dealkylation sites (tertiary alicyclic amines) is 2. The number of hydrogen-bond donors (Lipinski definition) is 1. The van der Waals surface area contributed by atoms with Crippen LogP contribution in [0.1, 0.15) is 64.7 Å². The van der Waals surface area contributed by atoms with Crippen molar-refractivity contribution in [1.82, 2.24) is 9.80 Å². The molecule has 1 aliphatic carbocycles. The van der Waals surface area contributed by atoms with Crippen molar-refractivity contribution < 1.29 is 0 Å². The summed E-state index contributed by atoms with van der Waals surface area (Å²) >= 11 is 0. The van der Waals surface area contributed by atoms with Crippen LogP contribution in [0.15, 0.2) is 0 Å². The molecule has 21 heavy (non-hydrogen) atoms. The van der Waals surface area contributed by atoms with Gasteiger partial charge in [-0.3, -0.25) is 9.80 Å². The number of nitrogens with zero attached hydrogens (tertiary/aromatic N) is 2. The van der Waals surface area contributed by atoms with Crippen LogP contribution in [0.2, 0.25) is 0 Å². The SMILES string of the molecule is CCC1CCC(CN)(N2CCC(N3CCCCC3)C2)CC1. The number of piperidine rings is 1. The molecule has 1 unspecified atom stereocenters. The van der Waals surface area contributed by atoms with E-state index in [2.05, 4.69) is 16.7 Å². The van der Waals surface area contributed by atoms with Gasteiger partial charge >= 0.3 is 0 Å². The van der Waals surface area contributed by atoms with Crippen molar-refractivity contribution in [3.63, 3.8) is 0 Å². The zero-order valence-corrected chi connectivity index (χ0v) is 14.0. The molecule has 0 radical (unpaired) electrons. The number of rotatable bonds is 4. The van der Waals surface area contributed by atoms with Gasteiger partial charge in [0.2, 0.25) is 0 Å². The fourth-order valence-corrected chi connectivity index (χ4v) is 5.03. The molecule has 0 aromatic rings. The van der Waals surface area contributed by atoms with Gasteiger partial charge in [0, 0.05) is 31.2 Å². The molecule has 0 aromatic carbocycles. The number of nitrogens with two attached hydrogens (primary N) is 1. The van der Waals surface area contributed by atoms with Crippen molar-refractivity contribution in [2.24, 2.45) is 11.7 Å². The molecule has 2 saturated heterocycles. The fourth-order valence-electron chi connectivity index (χ4n) is 5.03. The largest absolute Gasteiger partial charge is 0.329 e. The van der Waals surface area contributed by atoms with Crippen LogP contribution in [-0.4, -0.2) is 54.1 Å². The summed E-state index contributed by atoms with van der Waals surface area (Å²) in [7, 11) is 0. The van der Waals surface area contributed by atoms with E-state index in [1.54, 1.807) is 0 Å². The van der Waals surface area contributed by atoms with Crippen molar-refractivity contribution in [2.45, 2.75) is 76.3 Å². The van der Waals surface area contributed by atoms with E-state index in [1.807, 2.05) is 0 Å². The predicted octanol–water partition coefficient (Wildman–Crippen LogP) is 2.84. The zero-order chi connectivity index (χ0) is 14.7. The Kier molecular flexibility index (Phi) is 5.23. The summed E-state index contributed by atoms with van der Waals surface area (Å²) in [5.41, 5.74) is 6.62. The lowest BCUT2D eigenvalue weighted by Gasteiger charge is -2.46. The zero-order valence-electron chi connectivity index (χ0n) is 14.0. The first-order chi connectivity index (χ1) is 10.3. The molecule has 2 heterocycles. The van der Waals surface area contributed by atoms with Gasteiger partial charge in [-0.2, -0.15) is 0 Å². The molecule has 2 N–H and O–H groups in total. The first-order valence-electron chi connectivity index (χ1n) is 9.46. The maximum absolute atomic E-state index is 6.27. The normalized spacial score (nSPS) is 39.7. The molecule has 0 bridgehead atoms. The van der Waals surface area contributed by atoms with Gasteiger partial charge in [0.05, 0.1) is 0 Å². The maximum Gasteiger partial charge on any atom is 0.0332 e. The second-order valence-corrected chi connectivity index (χ2v) is 7.77. The van der Waals surface area contributed by atoms with Crippen molar-refractivity contribution in [1.29, 1.82) is 0 Å². The minimum absolute atomic E-state index is 0.343. The van der Waals surface area contributed by atoms with Gasteiger partial charge in [-0.15, -0.1) is 0 Å². The third-order valence-corrected chi connectivity index (χ3v) is 6.73. The highest BCUT2D eigenvalue weighted by Crippen LogP contribution is 2.39. The maximum atomic E-state index is 6.27. The Hall–Kier alpha value is -0.120. The van der Waals surface area contributed by atoms with Crippen LogP contribution in [0.3, 0.4) is 0 Å². The summed E-state index contributed by atoms with van der Waals surface area (Å²) in [6, 6.07) is 0.817. The molecule has 122 valence electrons. The van der Waals surface area contributed by atoms with Gasteiger partial charge in [-0.1, -0.05) is 19.8 Å². The van der Waals surface area contributed by atoms with Gasteiger partial charge in [-0.05, 0) is 64.0 Å². The van der Waals surface area contributed by atoms with Crippen molar-refractivity contribution >= 4 is 0 Å². The first kappa shape index (κ1) is 15.8. The van der Waals surface area contributed by atoms with E-state index < -0.39 is 0 Å². The van der Waals surface area contributed by atoms with Gasteiger partial charge in [0.25, 0.3) is 0 Å². The van der Waals surface area contributed by atoms with E-state index in [9.17, 15) is 0 Å². The van der Waals surface area contributed by atoms with E-state index in [-0.39, 0.29) is 0 Å². The Morgan fingerprint density at radius 1 is 1.00 bits per heavy atom. The molecule has 1 atom stereocenters. The minimum atomic E-state index is 0.343. The van der Waals surface area contributed by atoms with Crippen LogP contribution < -0.4 is 5.73 Å². The van der Waals surface area contributed by atoms with Gasteiger partial charge in [0.1, 0.15) is 0 Å². The Balaban J connectivity index is 1.58. The van der Waals surface area contributed by atoms with E-state index in [1.165, 1.54) is 84.0 Å². The third-order valence-electron chi connectivity index (χ3n) is 6.73. The molecular weight excluding hydrogens is 258 g/mol. The molecule has 3 fully saturated rings. The highest BCUT2D eigenvalue weighted by molar-refractivity contribution is 5.00. The average Bonchev–Trinajstić information content (AvgIpc) is 3.06. The summed E-state index contributed by atoms with van der Waals surface area (Å²) in [6.07, 6.45) is 12.5. The van der Waals surface area contributed by atoms with E-state index in [0.717, 1.165) is 18.5 Å². The summed E-state index contributed by atoms with van der Waals surface area (Å²) in [4.78, 5) is 5.56. The second kappa shape index (κ2) is 6.97. The molecule has 0 aromatic heterocycles. The molecule has 3 nitrogen and oxygen atoms in total. The lowest BCUT2D eigenvalue weighted by Crippen LogP contribution is -2.55. The molecule has 0 spiro atoms. The van der Waals surface area contributed by atoms with Crippen LogP contribution in [0.25, 0.3) is 0 Å². The topological polar surface area (TPSA) is 32.5 Å². The van der Waals surface area contributed by atoms with E-state index in [4.69, 9.17) is 5.73 Å². The Morgan fingerprint density at radius 2 is 1.71 bits per heavy atom. The molecule has 2 aliphatic heterocycles. The summed E-state index contributed by atoms with van der Waals surface area (Å²) in [5, 5.41) is 0. The highest BCUT2D eigenvalue weighted by atomic mass is 15.3. The summed E-state index contributed by atoms with van der Waals surface area (Å²) in [6.45, 7) is 8.47. The average molecular weight is 293 g/mol. The standard InChI is InChI=1S/C18H35N3/c1-2-16-6-9-18(15-19,10-7-16)21-13-8-17(14-21)20-11-4-3-5-12-20/h16-17H,2-15,19H2,1H3. The molecule has 1 saturated carbocycles. The Labute approximate surface area is 131 Å². The van der Waals surface area contributed by atoms with Crippen molar-refractivity contribution in [3.05, 3.63) is 0 Å². The molecule has 3 rings (SSSR count). The van der Waals surface area contributed by atoms with Crippen LogP contribution in [0.4, 0.5) is 0 Å². The summed E-state index contributed by atoms with van der Waals surface area (Å²) < 4.78 is 0. The lowest BCUT2D eigenvalue weighted by atomic mass is 9.74. The monoisotopic (exact) mass is 293 g/mol. The third kappa shape index (κ3) is 3.30. The summed E-state index contributed by atoms with van der Waals surface area (Å²) in [5.74, 6) is 0.963. The van der Waals surface area contributed by atoms with Crippen LogP contribution in [-0.2, 0) is 0 Å². The van der Waals surface area contributed by atoms with Gasteiger partial charge < -0.3 is 5.73 Å². The van der Waals surface area contributed by atoms with Gasteiger partial charge in [-0.25, -0.2) is 0 Å².